The van der Waals surface area contributed by atoms with Gasteiger partial charge in [-0.25, -0.2) is 0 Å². The second-order valence-corrected chi connectivity index (χ2v) is 5.79. The molecule has 0 saturated heterocycles. The highest BCUT2D eigenvalue weighted by molar-refractivity contribution is 9.13. The molecule has 0 aromatic rings. The molecular weight excluding hydrogens is 320 g/mol. The highest BCUT2D eigenvalue weighted by Crippen LogP contribution is 2.55. The first-order valence-corrected chi connectivity index (χ1v) is 5.55. The third kappa shape index (κ3) is 1.39. The lowest BCUT2D eigenvalue weighted by Gasteiger charge is -2.47. The number of rotatable bonds is 2. The lowest BCUT2D eigenvalue weighted by atomic mass is 9.73. The van der Waals surface area contributed by atoms with Gasteiger partial charge in [-0.05, 0) is 12.8 Å². The van der Waals surface area contributed by atoms with Gasteiger partial charge in [-0.1, -0.05) is 31.9 Å². The Morgan fingerprint density at radius 3 is 1.43 bits per heavy atom. The second kappa shape index (κ2) is 3.81. The highest BCUT2D eigenvalue weighted by atomic mass is 79.9. The molecule has 1 aliphatic rings. The summed E-state index contributed by atoms with van der Waals surface area (Å²) < 4.78 is 7.25. The van der Waals surface area contributed by atoms with Crippen molar-refractivity contribution in [3.05, 3.63) is 0 Å². The smallest absolute Gasteiger partial charge is 0.324 e. The van der Waals surface area contributed by atoms with E-state index in [0.717, 1.165) is 0 Å². The largest absolute Gasteiger partial charge is 0.468 e. The van der Waals surface area contributed by atoms with Gasteiger partial charge in [0.25, 0.3) is 0 Å². The maximum atomic E-state index is 11.4. The average molecular weight is 330 g/mol. The summed E-state index contributed by atoms with van der Waals surface area (Å²) in [6.45, 7) is 0. The Labute approximate surface area is 98.6 Å². The Morgan fingerprint density at radius 1 is 1.00 bits per heavy atom. The molecule has 1 saturated carbocycles. The third-order valence-corrected chi connectivity index (χ3v) is 5.79. The number of ether oxygens (including phenoxy) is 2. The highest BCUT2D eigenvalue weighted by Gasteiger charge is 2.67. The number of methoxy groups -OCH3 is 2. The molecule has 0 unspecified atom stereocenters. The first kappa shape index (κ1) is 12.0. The summed E-state index contributed by atoms with van der Waals surface area (Å²) in [6, 6.07) is 0. The van der Waals surface area contributed by atoms with E-state index in [-0.39, 0.29) is 0 Å². The molecule has 14 heavy (non-hydrogen) atoms. The molecule has 80 valence electrons. The molecule has 1 fully saturated rings. The molecule has 0 radical (unpaired) electrons. The van der Waals surface area contributed by atoms with Crippen molar-refractivity contribution < 1.29 is 19.1 Å². The van der Waals surface area contributed by atoms with Gasteiger partial charge in [-0.3, -0.25) is 9.59 Å². The Hall–Kier alpha value is -0.100. The normalized spacial score (nSPS) is 35.7. The van der Waals surface area contributed by atoms with Crippen LogP contribution in [0.3, 0.4) is 0 Å². The molecule has 0 N–H and O–H groups in total. The number of hydrogen-bond acceptors (Lipinski definition) is 4. The van der Waals surface area contributed by atoms with Crippen molar-refractivity contribution in [1.29, 1.82) is 0 Å². The molecule has 1 rings (SSSR count). The number of alkyl halides is 2. The number of esters is 2. The van der Waals surface area contributed by atoms with Crippen molar-refractivity contribution in [2.24, 2.45) is 0 Å². The molecule has 0 aromatic heterocycles. The SMILES string of the molecule is COC(=O)[C@]1(Br)CC[C@@]1(Br)C(=O)OC. The topological polar surface area (TPSA) is 52.6 Å². The zero-order valence-corrected chi connectivity index (χ0v) is 11.0. The fraction of sp³-hybridized carbons (Fsp3) is 0.750. The van der Waals surface area contributed by atoms with Crippen molar-refractivity contribution in [3.63, 3.8) is 0 Å². The predicted octanol–water partition coefficient (Wildman–Crippen LogP) is 1.39. The summed E-state index contributed by atoms with van der Waals surface area (Å²) in [5.41, 5.74) is 0. The Kier molecular flexibility index (Phi) is 3.26. The van der Waals surface area contributed by atoms with Crippen LogP contribution in [-0.2, 0) is 19.1 Å². The number of carbonyl (C=O) groups is 2. The summed E-state index contributed by atoms with van der Waals surface area (Å²) in [4.78, 5) is 22.9. The first-order valence-electron chi connectivity index (χ1n) is 3.97. The summed E-state index contributed by atoms with van der Waals surface area (Å²) >= 11 is 6.47. The van der Waals surface area contributed by atoms with Crippen LogP contribution in [0.2, 0.25) is 0 Å². The van der Waals surface area contributed by atoms with Crippen LogP contribution in [0.4, 0.5) is 0 Å². The van der Waals surface area contributed by atoms with Gasteiger partial charge >= 0.3 is 11.9 Å². The van der Waals surface area contributed by atoms with Crippen molar-refractivity contribution >= 4 is 43.8 Å². The Morgan fingerprint density at radius 2 is 1.29 bits per heavy atom. The number of carbonyl (C=O) groups excluding carboxylic acids is 2. The van der Waals surface area contributed by atoms with E-state index >= 15 is 0 Å². The number of hydrogen-bond donors (Lipinski definition) is 0. The van der Waals surface area contributed by atoms with Crippen LogP contribution in [0.1, 0.15) is 12.8 Å². The van der Waals surface area contributed by atoms with Crippen molar-refractivity contribution in [1.82, 2.24) is 0 Å². The molecule has 1 aliphatic carbocycles. The van der Waals surface area contributed by atoms with Crippen LogP contribution in [0.5, 0.6) is 0 Å². The monoisotopic (exact) mass is 328 g/mol. The first-order chi connectivity index (χ1) is 6.42. The van der Waals surface area contributed by atoms with Gasteiger partial charge in [-0.15, -0.1) is 0 Å². The molecule has 0 spiro atoms. The molecule has 0 amide bonds. The quantitative estimate of drug-likeness (QED) is 0.567. The zero-order valence-electron chi connectivity index (χ0n) is 7.80. The van der Waals surface area contributed by atoms with E-state index in [9.17, 15) is 9.59 Å². The lowest BCUT2D eigenvalue weighted by molar-refractivity contribution is -0.157. The molecular formula is C8H10Br2O4. The fourth-order valence-electron chi connectivity index (χ4n) is 1.42. The minimum Gasteiger partial charge on any atom is -0.468 e. The predicted molar refractivity (Wildman–Crippen MR) is 56.6 cm³/mol. The third-order valence-electron chi connectivity index (χ3n) is 2.46. The lowest BCUT2D eigenvalue weighted by Crippen LogP contribution is -2.64. The van der Waals surface area contributed by atoms with Crippen LogP contribution < -0.4 is 0 Å². The van der Waals surface area contributed by atoms with Crippen molar-refractivity contribution in [2.75, 3.05) is 14.2 Å². The molecule has 6 heteroatoms. The molecule has 0 aromatic carbocycles. The molecule has 0 aliphatic heterocycles. The van der Waals surface area contributed by atoms with E-state index in [2.05, 4.69) is 41.3 Å². The van der Waals surface area contributed by atoms with Gasteiger partial charge < -0.3 is 9.47 Å². The maximum Gasteiger partial charge on any atom is 0.324 e. The van der Waals surface area contributed by atoms with E-state index in [1.165, 1.54) is 14.2 Å². The summed E-state index contributed by atoms with van der Waals surface area (Å²) in [6.07, 6.45) is 1.08. The van der Waals surface area contributed by atoms with Gasteiger partial charge in [0.2, 0.25) is 0 Å². The van der Waals surface area contributed by atoms with Gasteiger partial charge in [0.15, 0.2) is 0 Å². The molecule has 0 heterocycles. The minimum atomic E-state index is -0.998. The Bertz CT molecular complexity index is 253. The Balaban J connectivity index is 2.93. The standard InChI is InChI=1S/C8H10Br2O4/c1-13-5(11)7(9)3-4-8(7,10)6(12)14-2/h3-4H2,1-2H3/t7-,8-/m1/s1. The van der Waals surface area contributed by atoms with Gasteiger partial charge in [0.1, 0.15) is 8.65 Å². The molecule has 2 atom stereocenters. The summed E-state index contributed by atoms with van der Waals surface area (Å²) in [7, 11) is 2.57. The van der Waals surface area contributed by atoms with Gasteiger partial charge in [-0.2, -0.15) is 0 Å². The van der Waals surface area contributed by atoms with Crippen LogP contribution in [0, 0.1) is 0 Å². The van der Waals surface area contributed by atoms with E-state index in [1.54, 1.807) is 0 Å². The van der Waals surface area contributed by atoms with Crippen LogP contribution in [-0.4, -0.2) is 34.8 Å². The maximum absolute atomic E-state index is 11.4. The van der Waals surface area contributed by atoms with Crippen LogP contribution in [0.25, 0.3) is 0 Å². The molecule has 4 nitrogen and oxygen atoms in total. The number of halogens is 2. The minimum absolute atomic E-state index is 0.467. The van der Waals surface area contributed by atoms with Crippen LogP contribution in [0.15, 0.2) is 0 Å². The summed E-state index contributed by atoms with van der Waals surface area (Å²) in [5, 5.41) is 0. The second-order valence-electron chi connectivity index (χ2n) is 3.09. The van der Waals surface area contributed by atoms with Crippen molar-refractivity contribution in [2.45, 2.75) is 21.5 Å². The van der Waals surface area contributed by atoms with Gasteiger partial charge in [0.05, 0.1) is 14.2 Å². The van der Waals surface area contributed by atoms with E-state index in [1.807, 2.05) is 0 Å². The fourth-order valence-corrected chi connectivity index (χ4v) is 2.86. The molecule has 0 bridgehead atoms. The van der Waals surface area contributed by atoms with Crippen LogP contribution >= 0.6 is 31.9 Å². The van der Waals surface area contributed by atoms with E-state index in [0.29, 0.717) is 12.8 Å². The average Bonchev–Trinajstić information content (AvgIpc) is 2.22. The van der Waals surface area contributed by atoms with Gasteiger partial charge in [0, 0.05) is 0 Å². The zero-order chi connectivity index (χ0) is 11.0. The van der Waals surface area contributed by atoms with Crippen molar-refractivity contribution in [3.8, 4) is 0 Å². The van der Waals surface area contributed by atoms with E-state index in [4.69, 9.17) is 0 Å². The summed E-state index contributed by atoms with van der Waals surface area (Å²) in [5.74, 6) is -0.933. The van der Waals surface area contributed by atoms with E-state index < -0.39 is 20.6 Å².